The van der Waals surface area contributed by atoms with Gasteiger partial charge >= 0.3 is 0 Å². The maximum Gasteiger partial charge on any atom is 0.0700 e. The summed E-state index contributed by atoms with van der Waals surface area (Å²) in [5.74, 6) is 0. The first kappa shape index (κ1) is 14.3. The molecule has 4 heteroatoms. The first-order chi connectivity index (χ1) is 8.66. The van der Waals surface area contributed by atoms with Gasteiger partial charge < -0.3 is 15.0 Å². The lowest BCUT2D eigenvalue weighted by Crippen LogP contribution is -2.42. The van der Waals surface area contributed by atoms with Gasteiger partial charge in [-0.05, 0) is 40.3 Å². The van der Waals surface area contributed by atoms with Gasteiger partial charge in [0.1, 0.15) is 0 Å². The van der Waals surface area contributed by atoms with Gasteiger partial charge in [-0.3, -0.25) is 4.90 Å². The number of hydrogen-bond donors (Lipinski definition) is 1. The highest BCUT2D eigenvalue weighted by atomic mass is 16.5. The molecule has 0 radical (unpaired) electrons. The lowest BCUT2D eigenvalue weighted by atomic mass is 10.2. The van der Waals surface area contributed by atoms with Crippen molar-refractivity contribution < 1.29 is 4.74 Å². The van der Waals surface area contributed by atoms with Crippen molar-refractivity contribution in [2.75, 3.05) is 46.9 Å². The molecule has 0 aromatic heterocycles. The van der Waals surface area contributed by atoms with E-state index < -0.39 is 0 Å². The van der Waals surface area contributed by atoms with Crippen LogP contribution in [0.2, 0.25) is 0 Å². The molecule has 0 bridgehead atoms. The third-order valence-electron chi connectivity index (χ3n) is 4.38. The van der Waals surface area contributed by atoms with Crippen LogP contribution in [0.1, 0.15) is 26.2 Å². The minimum absolute atomic E-state index is 0.463. The molecule has 0 saturated carbocycles. The van der Waals surface area contributed by atoms with Crippen molar-refractivity contribution in [1.82, 2.24) is 15.1 Å². The Morgan fingerprint density at radius 1 is 1.39 bits per heavy atom. The number of likely N-dealkylation sites (N-methyl/N-ethyl adjacent to an activating group) is 1. The highest BCUT2D eigenvalue weighted by Crippen LogP contribution is 2.16. The van der Waals surface area contributed by atoms with Gasteiger partial charge in [0.25, 0.3) is 0 Å². The summed E-state index contributed by atoms with van der Waals surface area (Å²) < 4.78 is 5.63. The van der Waals surface area contributed by atoms with E-state index in [1.54, 1.807) is 0 Å². The second-order valence-corrected chi connectivity index (χ2v) is 6.04. The van der Waals surface area contributed by atoms with Gasteiger partial charge in [-0.25, -0.2) is 0 Å². The Hall–Kier alpha value is -0.160. The minimum Gasteiger partial charge on any atom is -0.377 e. The van der Waals surface area contributed by atoms with E-state index in [9.17, 15) is 0 Å². The first-order valence-corrected chi connectivity index (χ1v) is 7.39. The van der Waals surface area contributed by atoms with Gasteiger partial charge in [-0.15, -0.1) is 0 Å². The van der Waals surface area contributed by atoms with Crippen molar-refractivity contribution in [3.63, 3.8) is 0 Å². The predicted octanol–water partition coefficient (Wildman–Crippen LogP) is 0.779. The summed E-state index contributed by atoms with van der Waals surface area (Å²) in [5, 5.41) is 3.57. The van der Waals surface area contributed by atoms with Gasteiger partial charge in [0.15, 0.2) is 0 Å². The monoisotopic (exact) mass is 255 g/mol. The van der Waals surface area contributed by atoms with Crippen LogP contribution in [0.15, 0.2) is 0 Å². The van der Waals surface area contributed by atoms with Gasteiger partial charge in [-0.1, -0.05) is 0 Å². The van der Waals surface area contributed by atoms with Crippen LogP contribution in [0.5, 0.6) is 0 Å². The molecule has 2 heterocycles. The molecule has 0 spiro atoms. The number of nitrogens with zero attached hydrogens (tertiary/aromatic N) is 2. The largest absolute Gasteiger partial charge is 0.377 e. The average Bonchev–Trinajstić information content (AvgIpc) is 2.99. The van der Waals surface area contributed by atoms with Gasteiger partial charge in [-0.2, -0.15) is 0 Å². The summed E-state index contributed by atoms with van der Waals surface area (Å²) in [7, 11) is 4.38. The molecule has 4 nitrogen and oxygen atoms in total. The summed E-state index contributed by atoms with van der Waals surface area (Å²) in [6.45, 7) is 7.86. The van der Waals surface area contributed by atoms with E-state index in [0.717, 1.165) is 25.7 Å². The van der Waals surface area contributed by atoms with E-state index in [-0.39, 0.29) is 0 Å². The van der Waals surface area contributed by atoms with Crippen LogP contribution in [0.4, 0.5) is 0 Å². The number of ether oxygens (including phenoxy) is 1. The Kier molecular flexibility index (Phi) is 5.42. The lowest BCUT2D eigenvalue weighted by molar-refractivity contribution is 0.108. The van der Waals surface area contributed by atoms with E-state index >= 15 is 0 Å². The Balaban J connectivity index is 1.61. The number of likely N-dealkylation sites (tertiary alicyclic amines) is 1. The van der Waals surface area contributed by atoms with Gasteiger partial charge in [0, 0.05) is 44.9 Å². The van der Waals surface area contributed by atoms with Crippen molar-refractivity contribution in [1.29, 1.82) is 0 Å². The molecule has 0 amide bonds. The van der Waals surface area contributed by atoms with Crippen LogP contribution >= 0.6 is 0 Å². The molecule has 0 aromatic carbocycles. The highest BCUT2D eigenvalue weighted by Gasteiger charge is 2.27. The van der Waals surface area contributed by atoms with Crippen LogP contribution in [-0.2, 0) is 4.74 Å². The summed E-state index contributed by atoms with van der Waals surface area (Å²) >= 11 is 0. The highest BCUT2D eigenvalue weighted by molar-refractivity contribution is 4.84. The quantitative estimate of drug-likeness (QED) is 0.759. The fourth-order valence-corrected chi connectivity index (χ4v) is 2.98. The zero-order chi connectivity index (χ0) is 13.0. The molecule has 3 atom stereocenters. The third-order valence-corrected chi connectivity index (χ3v) is 4.38. The second kappa shape index (κ2) is 6.85. The van der Waals surface area contributed by atoms with Crippen molar-refractivity contribution in [2.24, 2.45) is 0 Å². The molecular weight excluding hydrogens is 226 g/mol. The van der Waals surface area contributed by atoms with Crippen LogP contribution < -0.4 is 5.32 Å². The molecule has 3 unspecified atom stereocenters. The Bertz CT molecular complexity index is 241. The van der Waals surface area contributed by atoms with Gasteiger partial charge in [0.2, 0.25) is 0 Å². The Labute approximate surface area is 112 Å². The van der Waals surface area contributed by atoms with Crippen molar-refractivity contribution in [2.45, 2.75) is 44.4 Å². The summed E-state index contributed by atoms with van der Waals surface area (Å²) in [6.07, 6.45) is 4.24. The Morgan fingerprint density at radius 3 is 2.83 bits per heavy atom. The first-order valence-electron chi connectivity index (χ1n) is 7.39. The van der Waals surface area contributed by atoms with Crippen LogP contribution in [0, 0.1) is 0 Å². The molecule has 1 N–H and O–H groups in total. The second-order valence-electron chi connectivity index (χ2n) is 6.04. The van der Waals surface area contributed by atoms with Crippen molar-refractivity contribution >= 4 is 0 Å². The minimum atomic E-state index is 0.463. The van der Waals surface area contributed by atoms with Gasteiger partial charge in [0.05, 0.1) is 6.10 Å². The molecule has 2 aliphatic rings. The summed E-state index contributed by atoms with van der Waals surface area (Å²) in [6, 6.07) is 1.38. The lowest BCUT2D eigenvalue weighted by Gasteiger charge is -2.26. The Morgan fingerprint density at radius 2 is 2.22 bits per heavy atom. The summed E-state index contributed by atoms with van der Waals surface area (Å²) in [5.41, 5.74) is 0. The number of rotatable bonds is 6. The van der Waals surface area contributed by atoms with E-state index in [2.05, 4.69) is 36.1 Å². The molecule has 2 aliphatic heterocycles. The van der Waals surface area contributed by atoms with Crippen LogP contribution in [0.3, 0.4) is 0 Å². The zero-order valence-electron chi connectivity index (χ0n) is 12.2. The molecule has 18 heavy (non-hydrogen) atoms. The van der Waals surface area contributed by atoms with E-state index in [1.165, 1.54) is 32.4 Å². The smallest absolute Gasteiger partial charge is 0.0700 e. The topological polar surface area (TPSA) is 27.7 Å². The fourth-order valence-electron chi connectivity index (χ4n) is 2.98. The molecule has 106 valence electrons. The molecule has 0 aromatic rings. The normalized spacial score (nSPS) is 31.3. The maximum absolute atomic E-state index is 5.63. The maximum atomic E-state index is 5.63. The molecule has 2 rings (SSSR count). The number of nitrogens with one attached hydrogen (secondary N) is 1. The third kappa shape index (κ3) is 3.92. The summed E-state index contributed by atoms with van der Waals surface area (Å²) in [4.78, 5) is 4.96. The average molecular weight is 255 g/mol. The molecular formula is C14H29N3O. The van der Waals surface area contributed by atoms with E-state index in [1.807, 2.05) is 0 Å². The van der Waals surface area contributed by atoms with Crippen LogP contribution in [-0.4, -0.2) is 74.9 Å². The molecule has 0 aliphatic carbocycles. The van der Waals surface area contributed by atoms with Crippen molar-refractivity contribution in [3.8, 4) is 0 Å². The van der Waals surface area contributed by atoms with Crippen LogP contribution in [0.25, 0.3) is 0 Å². The molecule has 2 fully saturated rings. The van der Waals surface area contributed by atoms with Crippen molar-refractivity contribution in [3.05, 3.63) is 0 Å². The fraction of sp³-hybridized carbons (Fsp3) is 1.00. The van der Waals surface area contributed by atoms with E-state index in [4.69, 9.17) is 4.74 Å². The number of hydrogen-bond acceptors (Lipinski definition) is 4. The van der Waals surface area contributed by atoms with E-state index in [0.29, 0.717) is 12.1 Å². The standard InChI is InChI=1S/C14H29N3O/c1-12(9-15-10-14-5-4-8-18-14)17-7-6-13(11-17)16(2)3/h12-15H,4-11H2,1-3H3. The molecule has 2 saturated heterocycles. The SMILES string of the molecule is CC(CNCC1CCCO1)N1CCC(N(C)C)C1. The zero-order valence-corrected chi connectivity index (χ0v) is 12.2. The predicted molar refractivity (Wildman–Crippen MR) is 75.0 cm³/mol.